The third-order valence-corrected chi connectivity index (χ3v) is 8.40. The lowest BCUT2D eigenvalue weighted by Gasteiger charge is -2.33. The molecule has 0 unspecified atom stereocenters. The molecule has 0 bridgehead atoms. The molecule has 0 aliphatic carbocycles. The summed E-state index contributed by atoms with van der Waals surface area (Å²) in [6.07, 6.45) is 4.58. The monoisotopic (exact) mass is 542 g/mol. The minimum Gasteiger partial charge on any atom is -0.338 e. The van der Waals surface area contributed by atoms with Gasteiger partial charge in [-0.05, 0) is 79.9 Å². The number of likely N-dealkylation sites (tertiary alicyclic amines) is 2. The SMILES string of the molecule is O=C(c1cnn(-c2ccc(Cl)cc2)c1C1CCN(Cc2ccc(F)cc2)CC1)N1CC[C@H](c2ccccc2)C1. The van der Waals surface area contributed by atoms with Gasteiger partial charge >= 0.3 is 0 Å². The van der Waals surface area contributed by atoms with Crippen LogP contribution in [0.3, 0.4) is 0 Å². The van der Waals surface area contributed by atoms with Crippen molar-refractivity contribution < 1.29 is 9.18 Å². The van der Waals surface area contributed by atoms with Crippen LogP contribution in [0.15, 0.2) is 85.1 Å². The number of aromatic nitrogens is 2. The standard InChI is InChI=1S/C32H32ClFN4O/c33-27-8-12-29(13-9-27)38-31(25-14-17-36(18-15-25)21-23-6-10-28(34)11-7-23)30(20-35-38)32(39)37-19-16-26(22-37)24-4-2-1-3-5-24/h1-13,20,25-26H,14-19,21-22H2/t26-/m0/s1. The van der Waals surface area contributed by atoms with Gasteiger partial charge in [0.2, 0.25) is 0 Å². The van der Waals surface area contributed by atoms with Crippen molar-refractivity contribution in [1.82, 2.24) is 19.6 Å². The molecular weight excluding hydrogens is 511 g/mol. The number of hydrogen-bond donors (Lipinski definition) is 0. The molecule has 1 atom stereocenters. The van der Waals surface area contributed by atoms with E-state index in [-0.39, 0.29) is 17.6 Å². The smallest absolute Gasteiger partial charge is 0.257 e. The Morgan fingerprint density at radius 3 is 2.28 bits per heavy atom. The average molecular weight is 543 g/mol. The zero-order chi connectivity index (χ0) is 26.8. The minimum atomic E-state index is -0.210. The van der Waals surface area contributed by atoms with Crippen LogP contribution in [0, 0.1) is 5.82 Å². The number of carbonyl (C=O) groups is 1. The molecule has 39 heavy (non-hydrogen) atoms. The van der Waals surface area contributed by atoms with Crippen LogP contribution in [-0.2, 0) is 6.54 Å². The van der Waals surface area contributed by atoms with Crippen molar-refractivity contribution in [3.8, 4) is 5.69 Å². The number of benzene rings is 3. The Morgan fingerprint density at radius 2 is 1.56 bits per heavy atom. The first-order valence-electron chi connectivity index (χ1n) is 13.7. The maximum Gasteiger partial charge on any atom is 0.257 e. The fourth-order valence-corrected chi connectivity index (χ4v) is 6.15. The van der Waals surface area contributed by atoms with Crippen LogP contribution < -0.4 is 0 Å². The zero-order valence-corrected chi connectivity index (χ0v) is 22.6. The summed E-state index contributed by atoms with van der Waals surface area (Å²) in [7, 11) is 0. The maximum absolute atomic E-state index is 13.9. The van der Waals surface area contributed by atoms with Gasteiger partial charge in [0, 0.05) is 36.5 Å². The number of piperidine rings is 1. The van der Waals surface area contributed by atoms with Gasteiger partial charge in [-0.1, -0.05) is 54.1 Å². The Morgan fingerprint density at radius 1 is 0.872 bits per heavy atom. The Bertz CT molecular complexity index is 1410. The van der Waals surface area contributed by atoms with Crippen LogP contribution >= 0.6 is 11.6 Å². The van der Waals surface area contributed by atoms with Gasteiger partial charge in [-0.25, -0.2) is 9.07 Å². The van der Waals surface area contributed by atoms with Gasteiger partial charge in [-0.15, -0.1) is 0 Å². The van der Waals surface area contributed by atoms with E-state index in [0.717, 1.165) is 68.9 Å². The molecule has 200 valence electrons. The number of nitrogens with zero attached hydrogens (tertiary/aromatic N) is 4. The van der Waals surface area contributed by atoms with Crippen LogP contribution in [0.2, 0.25) is 5.02 Å². The van der Waals surface area contributed by atoms with Crippen molar-refractivity contribution in [1.29, 1.82) is 0 Å². The second kappa shape index (κ2) is 11.3. The summed E-state index contributed by atoms with van der Waals surface area (Å²) in [5.74, 6) is 0.425. The Labute approximate surface area is 233 Å². The second-order valence-corrected chi connectivity index (χ2v) is 11.1. The van der Waals surface area contributed by atoms with Crippen LogP contribution in [0.4, 0.5) is 4.39 Å². The number of halogens is 2. The van der Waals surface area contributed by atoms with Gasteiger partial charge in [-0.3, -0.25) is 9.69 Å². The average Bonchev–Trinajstić information content (AvgIpc) is 3.64. The lowest BCUT2D eigenvalue weighted by Crippen LogP contribution is -2.34. The summed E-state index contributed by atoms with van der Waals surface area (Å²) >= 11 is 6.17. The Kier molecular flexibility index (Phi) is 7.49. The molecule has 7 heteroatoms. The normalized spacial score (nSPS) is 18.5. The molecule has 1 aromatic heterocycles. The molecule has 0 radical (unpaired) electrons. The predicted octanol–water partition coefficient (Wildman–Crippen LogP) is 6.67. The Hall–Kier alpha value is -3.48. The van der Waals surface area contributed by atoms with Crippen molar-refractivity contribution in [3.63, 3.8) is 0 Å². The number of hydrogen-bond acceptors (Lipinski definition) is 3. The number of carbonyl (C=O) groups excluding carboxylic acids is 1. The Balaban J connectivity index is 1.23. The van der Waals surface area contributed by atoms with E-state index in [9.17, 15) is 9.18 Å². The molecule has 5 nitrogen and oxygen atoms in total. The van der Waals surface area contributed by atoms with E-state index in [0.29, 0.717) is 16.5 Å². The van der Waals surface area contributed by atoms with Gasteiger partial charge in [0.15, 0.2) is 0 Å². The van der Waals surface area contributed by atoms with Gasteiger partial charge in [0.05, 0.1) is 23.1 Å². The van der Waals surface area contributed by atoms with E-state index in [1.807, 2.05) is 52.0 Å². The van der Waals surface area contributed by atoms with Crippen LogP contribution in [0.5, 0.6) is 0 Å². The fraction of sp³-hybridized carbons (Fsp3) is 0.312. The minimum absolute atomic E-state index is 0.0670. The number of rotatable bonds is 6. The summed E-state index contributed by atoms with van der Waals surface area (Å²) in [4.78, 5) is 18.3. The van der Waals surface area contributed by atoms with Crippen molar-refractivity contribution in [2.24, 2.45) is 0 Å². The molecule has 2 aliphatic rings. The van der Waals surface area contributed by atoms with Crippen molar-refractivity contribution in [2.45, 2.75) is 37.6 Å². The van der Waals surface area contributed by atoms with Crippen molar-refractivity contribution in [2.75, 3.05) is 26.2 Å². The van der Waals surface area contributed by atoms with E-state index in [2.05, 4.69) is 29.2 Å². The summed E-state index contributed by atoms with van der Waals surface area (Å²) in [5.41, 5.74) is 5.01. The predicted molar refractivity (Wildman–Crippen MR) is 152 cm³/mol. The van der Waals surface area contributed by atoms with E-state index in [1.165, 1.54) is 17.7 Å². The summed E-state index contributed by atoms with van der Waals surface area (Å²) < 4.78 is 15.3. The van der Waals surface area contributed by atoms with Gasteiger partial charge in [0.25, 0.3) is 5.91 Å². The molecule has 0 spiro atoms. The molecule has 2 aliphatic heterocycles. The third-order valence-electron chi connectivity index (χ3n) is 8.15. The highest BCUT2D eigenvalue weighted by molar-refractivity contribution is 6.30. The van der Waals surface area contributed by atoms with Crippen LogP contribution in [0.1, 0.15) is 58.3 Å². The molecular formula is C32H32ClFN4O. The topological polar surface area (TPSA) is 41.4 Å². The maximum atomic E-state index is 13.9. The third kappa shape index (κ3) is 5.63. The molecule has 0 saturated carbocycles. The molecule has 1 amide bonds. The van der Waals surface area contributed by atoms with Crippen molar-refractivity contribution >= 4 is 17.5 Å². The lowest BCUT2D eigenvalue weighted by atomic mass is 9.90. The van der Waals surface area contributed by atoms with E-state index in [1.54, 1.807) is 6.20 Å². The highest BCUT2D eigenvalue weighted by Gasteiger charge is 2.34. The van der Waals surface area contributed by atoms with Gasteiger partial charge in [0.1, 0.15) is 5.82 Å². The second-order valence-electron chi connectivity index (χ2n) is 10.7. The van der Waals surface area contributed by atoms with Crippen LogP contribution in [-0.4, -0.2) is 51.7 Å². The fourth-order valence-electron chi connectivity index (χ4n) is 6.03. The first-order chi connectivity index (χ1) is 19.0. The largest absolute Gasteiger partial charge is 0.338 e. The lowest BCUT2D eigenvalue weighted by molar-refractivity contribution is 0.0788. The molecule has 2 saturated heterocycles. The summed E-state index contributed by atoms with van der Waals surface area (Å²) in [6, 6.07) is 24.9. The van der Waals surface area contributed by atoms with Crippen molar-refractivity contribution in [3.05, 3.63) is 118 Å². The summed E-state index contributed by atoms with van der Waals surface area (Å²) in [6.45, 7) is 4.08. The van der Waals surface area contributed by atoms with Gasteiger partial charge in [-0.2, -0.15) is 5.10 Å². The quantitative estimate of drug-likeness (QED) is 0.273. The first-order valence-corrected chi connectivity index (χ1v) is 14.1. The summed E-state index contributed by atoms with van der Waals surface area (Å²) in [5, 5.41) is 5.40. The first kappa shape index (κ1) is 25.8. The number of amides is 1. The molecule has 0 N–H and O–H groups in total. The highest BCUT2D eigenvalue weighted by atomic mass is 35.5. The zero-order valence-electron chi connectivity index (χ0n) is 21.8. The highest BCUT2D eigenvalue weighted by Crippen LogP contribution is 2.35. The molecule has 3 heterocycles. The van der Waals surface area contributed by atoms with Crippen LogP contribution in [0.25, 0.3) is 5.69 Å². The molecule has 2 fully saturated rings. The molecule has 3 aromatic carbocycles. The van der Waals surface area contributed by atoms with E-state index >= 15 is 0 Å². The van der Waals surface area contributed by atoms with Gasteiger partial charge < -0.3 is 4.90 Å². The molecule has 6 rings (SSSR count). The van der Waals surface area contributed by atoms with E-state index in [4.69, 9.17) is 16.7 Å². The molecule has 4 aromatic rings. The van der Waals surface area contributed by atoms with E-state index < -0.39 is 0 Å².